The molecule has 0 bridgehead atoms. The highest BCUT2D eigenvalue weighted by Gasteiger charge is 2.40. The van der Waals surface area contributed by atoms with E-state index in [9.17, 15) is 0 Å². The lowest BCUT2D eigenvalue weighted by molar-refractivity contribution is 0.818. The van der Waals surface area contributed by atoms with Gasteiger partial charge < -0.3 is 0 Å². The molecule has 0 aliphatic carbocycles. The summed E-state index contributed by atoms with van der Waals surface area (Å²) in [5.41, 5.74) is 0. The van der Waals surface area contributed by atoms with Gasteiger partial charge in [-0.05, 0) is 41.6 Å². The van der Waals surface area contributed by atoms with Gasteiger partial charge in [0, 0.05) is 23.0 Å². The van der Waals surface area contributed by atoms with Crippen molar-refractivity contribution in [1.29, 1.82) is 0 Å². The number of rotatable bonds is 11. The molecule has 0 aromatic rings. The Morgan fingerprint density at radius 3 is 2.00 bits per heavy atom. The smallest absolute Gasteiger partial charge is 0.0817 e. The van der Waals surface area contributed by atoms with Gasteiger partial charge in [0.15, 0.2) is 0 Å². The zero-order valence-corrected chi connectivity index (χ0v) is 21.0. The number of hydrogen-bond donors (Lipinski definition) is 3. The summed E-state index contributed by atoms with van der Waals surface area (Å²) in [6.45, 7) is 4.36. The van der Waals surface area contributed by atoms with Crippen molar-refractivity contribution in [2.75, 3.05) is 51.8 Å². The van der Waals surface area contributed by atoms with Crippen molar-refractivity contribution in [1.82, 2.24) is 0 Å². The van der Waals surface area contributed by atoms with Gasteiger partial charge in [-0.25, -0.2) is 0 Å². The molecule has 1 aliphatic rings. The van der Waals surface area contributed by atoms with E-state index in [0.29, 0.717) is 8.66 Å². The van der Waals surface area contributed by atoms with E-state index in [0.717, 1.165) is 17.3 Å². The first-order valence-corrected chi connectivity index (χ1v) is 15.2. The molecule has 0 N–H and O–H groups in total. The van der Waals surface area contributed by atoms with Gasteiger partial charge in [0.25, 0.3) is 0 Å². The molecule has 0 radical (unpaired) electrons. The second-order valence-electron chi connectivity index (χ2n) is 4.67. The number of thioether (sulfide) groups is 5. The van der Waals surface area contributed by atoms with E-state index < -0.39 is 0 Å². The molecular formula is C15H32S8. The quantitative estimate of drug-likeness (QED) is 0.185. The second-order valence-corrected chi connectivity index (χ2v) is 13.3. The Morgan fingerprint density at radius 2 is 1.48 bits per heavy atom. The van der Waals surface area contributed by atoms with Crippen molar-refractivity contribution in [2.24, 2.45) is 0 Å². The van der Waals surface area contributed by atoms with Crippen LogP contribution < -0.4 is 0 Å². The van der Waals surface area contributed by atoms with Crippen molar-refractivity contribution in [3.8, 4) is 0 Å². The van der Waals surface area contributed by atoms with Gasteiger partial charge in [-0.3, -0.25) is 0 Å². The maximum Gasteiger partial charge on any atom is 0.0817 e. The molecule has 0 spiro atoms. The Bertz CT molecular complexity index is 246. The van der Waals surface area contributed by atoms with Crippen molar-refractivity contribution in [3.63, 3.8) is 0 Å². The highest BCUT2D eigenvalue weighted by Crippen LogP contribution is 2.54. The van der Waals surface area contributed by atoms with E-state index in [-0.39, 0.29) is 0 Å². The van der Waals surface area contributed by atoms with E-state index in [1.807, 2.05) is 18.7 Å². The molecule has 140 valence electrons. The molecule has 0 aromatic heterocycles. The van der Waals surface area contributed by atoms with Crippen LogP contribution >= 0.6 is 96.7 Å². The molecule has 0 saturated carbocycles. The average Bonchev–Trinajstić information content (AvgIpc) is 2.58. The maximum atomic E-state index is 4.40. The van der Waals surface area contributed by atoms with Crippen molar-refractivity contribution < 1.29 is 0 Å². The second kappa shape index (κ2) is 18.2. The molecule has 1 atom stereocenters. The van der Waals surface area contributed by atoms with Crippen LogP contribution in [0, 0.1) is 0 Å². The van der Waals surface area contributed by atoms with Gasteiger partial charge in [-0.15, -0.1) is 47.0 Å². The van der Waals surface area contributed by atoms with Crippen LogP contribution in [0.3, 0.4) is 0 Å². The van der Waals surface area contributed by atoms with Gasteiger partial charge in [-0.1, -0.05) is 13.8 Å². The van der Waals surface area contributed by atoms with E-state index in [2.05, 4.69) is 91.9 Å². The molecular weight excluding hydrogens is 437 g/mol. The fourth-order valence-electron chi connectivity index (χ4n) is 1.94. The van der Waals surface area contributed by atoms with E-state index in [1.54, 1.807) is 0 Å². The number of thiol groups is 3. The van der Waals surface area contributed by atoms with Crippen molar-refractivity contribution in [2.45, 2.75) is 35.4 Å². The Hall–Kier alpha value is 2.80. The van der Waals surface area contributed by atoms with E-state index >= 15 is 0 Å². The average molecular weight is 469 g/mol. The summed E-state index contributed by atoms with van der Waals surface area (Å²) >= 11 is 23.2. The Morgan fingerprint density at radius 1 is 0.913 bits per heavy atom. The van der Waals surface area contributed by atoms with Crippen LogP contribution in [-0.4, -0.2) is 60.4 Å². The van der Waals surface area contributed by atoms with Gasteiger partial charge in [0.2, 0.25) is 0 Å². The van der Waals surface area contributed by atoms with Crippen molar-refractivity contribution in [3.05, 3.63) is 0 Å². The lowest BCUT2D eigenvalue weighted by Crippen LogP contribution is -2.34. The minimum Gasteiger partial charge on any atom is -0.180 e. The molecule has 0 amide bonds. The normalized spacial score (nSPS) is 18.1. The van der Waals surface area contributed by atoms with Crippen LogP contribution in [0.5, 0.6) is 0 Å². The first kappa shape index (κ1) is 25.8. The fourth-order valence-corrected chi connectivity index (χ4v) is 10.8. The van der Waals surface area contributed by atoms with E-state index in [1.165, 1.54) is 47.4 Å². The zero-order valence-electron chi connectivity index (χ0n) is 14.2. The summed E-state index contributed by atoms with van der Waals surface area (Å²) in [6, 6.07) is 0. The predicted molar refractivity (Wildman–Crippen MR) is 136 cm³/mol. The zero-order chi connectivity index (χ0) is 17.4. The standard InChI is InChI=1S/C13H26S7.C2H6S/c1-2-13(19-6-3-7-20-13)12(17-9-5-15)18-11-10-16-8-4-14;1-2-3/h12,14-15H,2-11H2,1H3;3H,2H2,1H3. The summed E-state index contributed by atoms with van der Waals surface area (Å²) < 4.78 is 1.15. The SMILES string of the molecule is CCC1(C(SCCS)SCCSCCS)SCCCS1.CCS. The summed E-state index contributed by atoms with van der Waals surface area (Å²) in [7, 11) is 0. The first-order chi connectivity index (χ1) is 11.2. The molecule has 1 unspecified atom stereocenters. The maximum absolute atomic E-state index is 4.40. The third-order valence-corrected chi connectivity index (χ3v) is 12.6. The Balaban J connectivity index is 0.00000149. The molecule has 0 nitrogen and oxygen atoms in total. The van der Waals surface area contributed by atoms with Crippen LogP contribution in [0.2, 0.25) is 0 Å². The molecule has 1 heterocycles. The molecule has 1 fully saturated rings. The van der Waals surface area contributed by atoms with E-state index in [4.69, 9.17) is 0 Å². The fraction of sp³-hybridized carbons (Fsp3) is 1.00. The van der Waals surface area contributed by atoms with Gasteiger partial charge >= 0.3 is 0 Å². The minimum absolute atomic E-state index is 0.435. The molecule has 8 heteroatoms. The largest absolute Gasteiger partial charge is 0.180 e. The molecule has 1 aliphatic heterocycles. The lowest BCUT2D eigenvalue weighted by Gasteiger charge is -2.41. The molecule has 0 aromatic carbocycles. The lowest BCUT2D eigenvalue weighted by atomic mass is 10.3. The predicted octanol–water partition coefficient (Wildman–Crippen LogP) is 6.28. The minimum atomic E-state index is 0.435. The molecule has 1 saturated heterocycles. The van der Waals surface area contributed by atoms with Crippen LogP contribution in [0.4, 0.5) is 0 Å². The number of hydrogen-bond acceptors (Lipinski definition) is 8. The Kier molecular flexibility index (Phi) is 20.4. The molecule has 23 heavy (non-hydrogen) atoms. The first-order valence-electron chi connectivity index (χ1n) is 8.12. The highest BCUT2D eigenvalue weighted by molar-refractivity contribution is 8.24. The Labute approximate surface area is 182 Å². The summed E-state index contributed by atoms with van der Waals surface area (Å²) in [6.07, 6.45) is 2.66. The van der Waals surface area contributed by atoms with Gasteiger partial charge in [0.05, 0.1) is 8.66 Å². The van der Waals surface area contributed by atoms with Crippen LogP contribution in [0.1, 0.15) is 26.7 Å². The monoisotopic (exact) mass is 468 g/mol. The third kappa shape index (κ3) is 12.0. The summed E-state index contributed by atoms with van der Waals surface area (Å²) in [5, 5.41) is 0. The van der Waals surface area contributed by atoms with Crippen molar-refractivity contribution >= 4 is 96.7 Å². The van der Waals surface area contributed by atoms with Crippen LogP contribution in [0.25, 0.3) is 0 Å². The van der Waals surface area contributed by atoms with Crippen LogP contribution in [0.15, 0.2) is 0 Å². The summed E-state index contributed by atoms with van der Waals surface area (Å²) in [4.78, 5) is 0. The highest BCUT2D eigenvalue weighted by atomic mass is 32.2. The molecule has 1 rings (SSSR count). The van der Waals surface area contributed by atoms with Gasteiger partial charge in [0.1, 0.15) is 0 Å². The summed E-state index contributed by atoms with van der Waals surface area (Å²) in [5.74, 6) is 10.5. The van der Waals surface area contributed by atoms with Crippen LogP contribution in [-0.2, 0) is 0 Å². The van der Waals surface area contributed by atoms with Gasteiger partial charge in [-0.2, -0.15) is 49.6 Å². The third-order valence-electron chi connectivity index (χ3n) is 2.93. The topological polar surface area (TPSA) is 0 Å².